The minimum absolute atomic E-state index is 0.00789. The molecule has 0 fully saturated rings. The van der Waals surface area contributed by atoms with Crippen molar-refractivity contribution in [3.05, 3.63) is 33.0 Å². The van der Waals surface area contributed by atoms with Crippen molar-refractivity contribution < 1.29 is 13.2 Å². The van der Waals surface area contributed by atoms with Crippen LogP contribution in [0, 0.1) is 4.77 Å². The molecule has 2 aromatic rings. The standard InChI is InChI=1S/C10H6BrF3N4S/c11-6-2-1-4(3-5(6)10(12,13)14)7-16-8(15)18-9(19)17-7/h1-3H,(H3,15,16,17,18,19). The number of hydrogen-bond donors (Lipinski definition) is 2. The Hall–Kier alpha value is -1.48. The van der Waals surface area contributed by atoms with Crippen molar-refractivity contribution >= 4 is 34.1 Å². The predicted octanol–water partition coefficient (Wildman–Crippen LogP) is 3.56. The van der Waals surface area contributed by atoms with Gasteiger partial charge in [-0.3, -0.25) is 0 Å². The van der Waals surface area contributed by atoms with Crippen molar-refractivity contribution in [3.63, 3.8) is 0 Å². The Balaban J connectivity index is 2.61. The Kier molecular flexibility index (Phi) is 3.59. The van der Waals surface area contributed by atoms with E-state index >= 15 is 0 Å². The highest BCUT2D eigenvalue weighted by atomic mass is 79.9. The topological polar surface area (TPSA) is 67.6 Å². The number of aromatic nitrogens is 3. The number of nitrogens with two attached hydrogens (primary N) is 1. The maximum atomic E-state index is 12.8. The molecular formula is C10H6BrF3N4S. The fourth-order valence-electron chi connectivity index (χ4n) is 1.43. The summed E-state index contributed by atoms with van der Waals surface area (Å²) in [7, 11) is 0. The number of hydrogen-bond acceptors (Lipinski definition) is 4. The van der Waals surface area contributed by atoms with Crippen molar-refractivity contribution in [1.29, 1.82) is 0 Å². The molecule has 0 aliphatic carbocycles. The summed E-state index contributed by atoms with van der Waals surface area (Å²) in [6, 6.07) is 3.71. The molecule has 19 heavy (non-hydrogen) atoms. The second-order valence-electron chi connectivity index (χ2n) is 3.56. The lowest BCUT2D eigenvalue weighted by molar-refractivity contribution is -0.138. The van der Waals surface area contributed by atoms with Gasteiger partial charge in [0.2, 0.25) is 10.7 Å². The van der Waals surface area contributed by atoms with E-state index in [0.717, 1.165) is 6.07 Å². The lowest BCUT2D eigenvalue weighted by Crippen LogP contribution is -2.07. The summed E-state index contributed by atoms with van der Waals surface area (Å²) in [5, 5.41) is 0. The number of benzene rings is 1. The molecule has 0 saturated heterocycles. The first kappa shape index (κ1) is 13.9. The van der Waals surface area contributed by atoms with Crippen LogP contribution in [0.5, 0.6) is 0 Å². The third-order valence-electron chi connectivity index (χ3n) is 2.22. The average molecular weight is 351 g/mol. The summed E-state index contributed by atoms with van der Waals surface area (Å²) in [6.45, 7) is 0. The van der Waals surface area contributed by atoms with Crippen LogP contribution in [0.25, 0.3) is 11.4 Å². The van der Waals surface area contributed by atoms with Crippen molar-refractivity contribution in [2.45, 2.75) is 6.18 Å². The van der Waals surface area contributed by atoms with E-state index in [1.165, 1.54) is 12.1 Å². The lowest BCUT2D eigenvalue weighted by Gasteiger charge is -2.11. The minimum Gasteiger partial charge on any atom is -0.369 e. The quantitative estimate of drug-likeness (QED) is 0.771. The third-order valence-corrected chi connectivity index (χ3v) is 3.09. The number of alkyl halides is 3. The summed E-state index contributed by atoms with van der Waals surface area (Å²) in [4.78, 5) is 10.1. The number of nitrogens with zero attached hydrogens (tertiary/aromatic N) is 2. The molecule has 1 heterocycles. The maximum Gasteiger partial charge on any atom is 0.417 e. The molecule has 4 nitrogen and oxygen atoms in total. The fourth-order valence-corrected chi connectivity index (χ4v) is 2.09. The number of halogens is 4. The molecule has 1 aromatic carbocycles. The van der Waals surface area contributed by atoms with Crippen molar-refractivity contribution in [2.24, 2.45) is 0 Å². The third kappa shape index (κ3) is 3.10. The van der Waals surface area contributed by atoms with Gasteiger partial charge < -0.3 is 10.7 Å². The lowest BCUT2D eigenvalue weighted by atomic mass is 10.1. The van der Waals surface area contributed by atoms with Crippen LogP contribution in [0.4, 0.5) is 19.1 Å². The molecule has 0 aliphatic heterocycles. The Morgan fingerprint density at radius 1 is 1.26 bits per heavy atom. The molecule has 3 N–H and O–H groups in total. The molecule has 0 spiro atoms. The SMILES string of the molecule is Nc1nc(=S)nc(-c2ccc(Br)c(C(F)(F)F)c2)[nH]1. The van der Waals surface area contributed by atoms with Gasteiger partial charge in [0.15, 0.2) is 0 Å². The van der Waals surface area contributed by atoms with Crippen LogP contribution in [-0.4, -0.2) is 15.0 Å². The van der Waals surface area contributed by atoms with Gasteiger partial charge in [0, 0.05) is 10.0 Å². The van der Waals surface area contributed by atoms with E-state index < -0.39 is 11.7 Å². The molecule has 0 amide bonds. The largest absolute Gasteiger partial charge is 0.417 e. The Bertz CT molecular complexity index is 683. The molecule has 0 bridgehead atoms. The van der Waals surface area contributed by atoms with E-state index in [-0.39, 0.29) is 26.6 Å². The van der Waals surface area contributed by atoms with Gasteiger partial charge in [-0.25, -0.2) is 4.98 Å². The van der Waals surface area contributed by atoms with Gasteiger partial charge in [0.1, 0.15) is 5.82 Å². The van der Waals surface area contributed by atoms with E-state index in [9.17, 15) is 13.2 Å². The van der Waals surface area contributed by atoms with Gasteiger partial charge >= 0.3 is 6.18 Å². The van der Waals surface area contributed by atoms with E-state index in [4.69, 9.17) is 18.0 Å². The number of aromatic amines is 1. The molecule has 0 atom stereocenters. The molecule has 9 heteroatoms. The van der Waals surface area contributed by atoms with Gasteiger partial charge in [-0.2, -0.15) is 18.2 Å². The van der Waals surface area contributed by atoms with Gasteiger partial charge in [0.25, 0.3) is 0 Å². The fraction of sp³-hybridized carbons (Fsp3) is 0.100. The second-order valence-corrected chi connectivity index (χ2v) is 4.78. The zero-order valence-electron chi connectivity index (χ0n) is 9.12. The number of H-pyrrole nitrogens is 1. The van der Waals surface area contributed by atoms with Crippen molar-refractivity contribution in [3.8, 4) is 11.4 Å². The van der Waals surface area contributed by atoms with Crippen LogP contribution >= 0.6 is 28.1 Å². The highest BCUT2D eigenvalue weighted by molar-refractivity contribution is 9.10. The Morgan fingerprint density at radius 3 is 2.53 bits per heavy atom. The number of rotatable bonds is 1. The molecule has 0 radical (unpaired) electrons. The van der Waals surface area contributed by atoms with Gasteiger partial charge in [-0.05, 0) is 24.4 Å². The van der Waals surface area contributed by atoms with E-state index in [1.54, 1.807) is 0 Å². The zero-order chi connectivity index (χ0) is 14.2. The monoisotopic (exact) mass is 350 g/mol. The molecule has 0 aliphatic rings. The van der Waals surface area contributed by atoms with Gasteiger partial charge in [-0.1, -0.05) is 22.0 Å². The molecule has 1 aromatic heterocycles. The van der Waals surface area contributed by atoms with Crippen molar-refractivity contribution in [1.82, 2.24) is 15.0 Å². The van der Waals surface area contributed by atoms with Gasteiger partial charge in [-0.15, -0.1) is 0 Å². The first-order chi connectivity index (χ1) is 8.77. The van der Waals surface area contributed by atoms with Crippen LogP contribution < -0.4 is 5.73 Å². The second kappa shape index (κ2) is 4.89. The summed E-state index contributed by atoms with van der Waals surface area (Å²) < 4.78 is 38.3. The number of nitrogens with one attached hydrogen (secondary N) is 1. The van der Waals surface area contributed by atoms with Crippen LogP contribution in [-0.2, 0) is 6.18 Å². The first-order valence-electron chi connectivity index (χ1n) is 4.88. The highest BCUT2D eigenvalue weighted by Gasteiger charge is 2.33. The highest BCUT2D eigenvalue weighted by Crippen LogP contribution is 2.36. The zero-order valence-corrected chi connectivity index (χ0v) is 11.5. The van der Waals surface area contributed by atoms with E-state index in [1.807, 2.05) is 0 Å². The van der Waals surface area contributed by atoms with Gasteiger partial charge in [0.05, 0.1) is 5.56 Å². The Labute approximate surface area is 119 Å². The van der Waals surface area contributed by atoms with Crippen LogP contribution in [0.3, 0.4) is 0 Å². The molecular weight excluding hydrogens is 345 g/mol. The van der Waals surface area contributed by atoms with E-state index in [0.29, 0.717) is 0 Å². The summed E-state index contributed by atoms with van der Waals surface area (Å²) in [6.07, 6.45) is -4.47. The predicted molar refractivity (Wildman–Crippen MR) is 69.8 cm³/mol. The number of anilines is 1. The average Bonchev–Trinajstić information content (AvgIpc) is 2.26. The molecule has 0 saturated carbocycles. The maximum absolute atomic E-state index is 12.8. The van der Waals surface area contributed by atoms with Crippen LogP contribution in [0.2, 0.25) is 0 Å². The van der Waals surface area contributed by atoms with Crippen LogP contribution in [0.1, 0.15) is 5.56 Å². The summed E-state index contributed by atoms with van der Waals surface area (Å²) >= 11 is 7.62. The molecule has 2 rings (SSSR count). The molecule has 0 unspecified atom stereocenters. The Morgan fingerprint density at radius 2 is 1.95 bits per heavy atom. The molecule has 100 valence electrons. The minimum atomic E-state index is -4.47. The normalized spacial score (nSPS) is 11.6. The summed E-state index contributed by atoms with van der Waals surface area (Å²) in [5.41, 5.74) is 4.86. The summed E-state index contributed by atoms with van der Waals surface area (Å²) in [5.74, 6) is 0.127. The smallest absolute Gasteiger partial charge is 0.369 e. The van der Waals surface area contributed by atoms with E-state index in [2.05, 4.69) is 30.9 Å². The van der Waals surface area contributed by atoms with Crippen LogP contribution in [0.15, 0.2) is 22.7 Å². The number of nitrogen functional groups attached to an aromatic ring is 1. The van der Waals surface area contributed by atoms with Crippen molar-refractivity contribution in [2.75, 3.05) is 5.73 Å². The first-order valence-corrected chi connectivity index (χ1v) is 6.08.